The van der Waals surface area contributed by atoms with Gasteiger partial charge in [0.2, 0.25) is 0 Å². The topological polar surface area (TPSA) is 90.4 Å². The zero-order valence-electron chi connectivity index (χ0n) is 14.5. The average molecular weight is 410 g/mol. The van der Waals surface area contributed by atoms with Crippen molar-refractivity contribution in [3.05, 3.63) is 41.2 Å². The van der Waals surface area contributed by atoms with E-state index in [-0.39, 0.29) is 12.6 Å². The number of aliphatic hydroxyl groups excluding tert-OH is 1. The highest BCUT2D eigenvalue weighted by molar-refractivity contribution is 7.22. The van der Waals surface area contributed by atoms with Crippen LogP contribution in [0.3, 0.4) is 0 Å². The highest BCUT2D eigenvalue weighted by Crippen LogP contribution is 2.30. The number of amides is 2. The predicted octanol–water partition coefficient (Wildman–Crippen LogP) is 3.75. The van der Waals surface area contributed by atoms with E-state index in [1.807, 2.05) is 0 Å². The number of urea groups is 1. The van der Waals surface area contributed by atoms with Gasteiger partial charge in [0.25, 0.3) is 0 Å². The molecule has 0 saturated carbocycles. The third-order valence-electron chi connectivity index (χ3n) is 3.73. The predicted molar refractivity (Wildman–Crippen MR) is 106 cm³/mol. The first-order chi connectivity index (χ1) is 12.9. The van der Waals surface area contributed by atoms with Gasteiger partial charge in [-0.05, 0) is 37.3 Å². The molecular formula is C17H17ClFN5O2S. The van der Waals surface area contributed by atoms with Gasteiger partial charge >= 0.3 is 6.03 Å². The molecule has 2 amide bonds. The molecule has 1 unspecified atom stereocenters. The van der Waals surface area contributed by atoms with Gasteiger partial charge in [-0.15, -0.1) is 0 Å². The van der Waals surface area contributed by atoms with Crippen LogP contribution in [0.25, 0.3) is 10.3 Å². The summed E-state index contributed by atoms with van der Waals surface area (Å²) in [6.07, 6.45) is 0. The number of hydrogen-bond acceptors (Lipinski definition) is 6. The lowest BCUT2D eigenvalue weighted by Gasteiger charge is -2.18. The van der Waals surface area contributed by atoms with Crippen molar-refractivity contribution < 1.29 is 14.3 Å². The van der Waals surface area contributed by atoms with Crippen LogP contribution < -0.4 is 15.5 Å². The first-order valence-corrected chi connectivity index (χ1v) is 9.21. The number of aromatic nitrogens is 2. The van der Waals surface area contributed by atoms with Crippen LogP contribution in [-0.2, 0) is 0 Å². The van der Waals surface area contributed by atoms with Crippen molar-refractivity contribution in [2.45, 2.75) is 13.0 Å². The maximum absolute atomic E-state index is 14.1. The largest absolute Gasteiger partial charge is 0.394 e. The number of aliphatic hydroxyl groups is 1. The Kier molecular flexibility index (Phi) is 5.73. The lowest BCUT2D eigenvalue weighted by Crippen LogP contribution is -2.38. The van der Waals surface area contributed by atoms with E-state index in [2.05, 4.69) is 20.6 Å². The molecule has 7 nitrogen and oxygen atoms in total. The van der Waals surface area contributed by atoms with E-state index in [9.17, 15) is 9.18 Å². The number of benzene rings is 1. The van der Waals surface area contributed by atoms with Crippen LogP contribution in [0, 0.1) is 5.82 Å². The van der Waals surface area contributed by atoms with Gasteiger partial charge in [-0.2, -0.15) is 0 Å². The van der Waals surface area contributed by atoms with Crippen LogP contribution >= 0.6 is 22.9 Å². The first kappa shape index (κ1) is 19.3. The number of anilines is 3. The van der Waals surface area contributed by atoms with E-state index >= 15 is 0 Å². The molecule has 3 rings (SSSR count). The fourth-order valence-electron chi connectivity index (χ4n) is 2.33. The van der Waals surface area contributed by atoms with Crippen molar-refractivity contribution >= 4 is 56.0 Å². The fraction of sp³-hybridized carbons (Fsp3) is 0.235. The molecule has 0 aliphatic carbocycles. The Balaban J connectivity index is 1.82. The Morgan fingerprint density at radius 3 is 2.85 bits per heavy atom. The summed E-state index contributed by atoms with van der Waals surface area (Å²) >= 11 is 6.99. The average Bonchev–Trinajstić information content (AvgIpc) is 3.02. The Labute approximate surface area is 163 Å². The summed E-state index contributed by atoms with van der Waals surface area (Å²) in [4.78, 5) is 22.8. The van der Waals surface area contributed by atoms with E-state index in [1.165, 1.54) is 17.4 Å². The van der Waals surface area contributed by atoms with Gasteiger partial charge in [0.1, 0.15) is 22.0 Å². The van der Waals surface area contributed by atoms with E-state index in [4.69, 9.17) is 16.7 Å². The SMILES string of the molecule is CC(CO)NC(=O)Nc1nc2ccc(N(C)c3ccc(Cl)cc3F)nc2s1. The Hall–Kier alpha value is -2.49. The third-order valence-corrected chi connectivity index (χ3v) is 4.84. The monoisotopic (exact) mass is 409 g/mol. The summed E-state index contributed by atoms with van der Waals surface area (Å²) in [5, 5.41) is 14.8. The number of carbonyl (C=O) groups excluding carboxylic acids is 1. The maximum Gasteiger partial charge on any atom is 0.321 e. The normalized spacial score (nSPS) is 12.0. The van der Waals surface area contributed by atoms with Gasteiger partial charge in [-0.3, -0.25) is 5.32 Å². The van der Waals surface area contributed by atoms with E-state index in [1.54, 1.807) is 43.1 Å². The second kappa shape index (κ2) is 8.03. The zero-order valence-corrected chi connectivity index (χ0v) is 16.1. The number of halogens is 2. The summed E-state index contributed by atoms with van der Waals surface area (Å²) in [6, 6.07) is 7.06. The molecule has 2 heterocycles. The quantitative estimate of drug-likeness (QED) is 0.597. The van der Waals surface area contributed by atoms with Gasteiger partial charge < -0.3 is 15.3 Å². The molecule has 1 atom stereocenters. The second-order valence-corrected chi connectivity index (χ2v) is 7.26. The molecule has 0 fully saturated rings. The van der Waals surface area contributed by atoms with Gasteiger partial charge in [0.05, 0.1) is 18.3 Å². The standard InChI is InChI=1S/C17H17ClFN5O2S/c1-9(8-25)20-16(26)23-17-21-12-4-6-14(22-15(12)27-17)24(2)13-5-3-10(18)7-11(13)19/h3-7,9,25H,8H2,1-2H3,(H2,20,21,23,26). The number of rotatable bonds is 5. The van der Waals surface area contributed by atoms with Crippen molar-refractivity contribution in [3.63, 3.8) is 0 Å². The third kappa shape index (κ3) is 4.44. The molecule has 2 aromatic heterocycles. The highest BCUT2D eigenvalue weighted by Gasteiger charge is 2.14. The number of thiazole rings is 1. The van der Waals surface area contributed by atoms with Crippen molar-refractivity contribution in [3.8, 4) is 0 Å². The van der Waals surface area contributed by atoms with Crippen molar-refractivity contribution in [1.82, 2.24) is 15.3 Å². The molecule has 27 heavy (non-hydrogen) atoms. The van der Waals surface area contributed by atoms with Gasteiger partial charge in [-0.1, -0.05) is 22.9 Å². The Bertz CT molecular complexity index is 983. The number of hydrogen-bond donors (Lipinski definition) is 3. The van der Waals surface area contributed by atoms with E-state index < -0.39 is 11.8 Å². The van der Waals surface area contributed by atoms with Gasteiger partial charge in [0, 0.05) is 12.1 Å². The lowest BCUT2D eigenvalue weighted by molar-refractivity contribution is 0.229. The summed E-state index contributed by atoms with van der Waals surface area (Å²) in [5.41, 5.74) is 0.950. The highest BCUT2D eigenvalue weighted by atomic mass is 35.5. The van der Waals surface area contributed by atoms with Crippen LogP contribution in [0.15, 0.2) is 30.3 Å². The molecule has 142 valence electrons. The molecule has 1 aromatic carbocycles. The number of carbonyl (C=O) groups is 1. The fourth-order valence-corrected chi connectivity index (χ4v) is 3.31. The molecule has 3 N–H and O–H groups in total. The van der Waals surface area contributed by atoms with Crippen molar-refractivity contribution in [1.29, 1.82) is 0 Å². The lowest BCUT2D eigenvalue weighted by atomic mass is 10.2. The van der Waals surface area contributed by atoms with Crippen molar-refractivity contribution in [2.75, 3.05) is 23.9 Å². The molecule has 0 saturated heterocycles. The van der Waals surface area contributed by atoms with Crippen LogP contribution in [0.1, 0.15) is 6.92 Å². The molecule has 10 heteroatoms. The van der Waals surface area contributed by atoms with Crippen LogP contribution in [0.5, 0.6) is 0 Å². The van der Waals surface area contributed by atoms with E-state index in [0.717, 1.165) is 0 Å². The summed E-state index contributed by atoms with van der Waals surface area (Å²) in [6.45, 7) is 1.52. The van der Waals surface area contributed by atoms with Crippen LogP contribution in [0.4, 0.5) is 25.8 Å². The summed E-state index contributed by atoms with van der Waals surface area (Å²) in [7, 11) is 1.70. The van der Waals surface area contributed by atoms with Crippen LogP contribution in [-0.4, -0.2) is 40.8 Å². The zero-order chi connectivity index (χ0) is 19.6. The summed E-state index contributed by atoms with van der Waals surface area (Å²) in [5.74, 6) is 0.0745. The molecule has 3 aromatic rings. The Morgan fingerprint density at radius 1 is 1.37 bits per heavy atom. The first-order valence-electron chi connectivity index (χ1n) is 8.02. The minimum Gasteiger partial charge on any atom is -0.394 e. The number of fused-ring (bicyclic) bond motifs is 1. The van der Waals surface area contributed by atoms with Crippen LogP contribution in [0.2, 0.25) is 5.02 Å². The molecule has 0 radical (unpaired) electrons. The maximum atomic E-state index is 14.1. The van der Waals surface area contributed by atoms with E-state index in [0.29, 0.717) is 32.0 Å². The smallest absolute Gasteiger partial charge is 0.321 e. The molecule has 0 bridgehead atoms. The molecule has 0 aliphatic heterocycles. The minimum absolute atomic E-state index is 0.161. The minimum atomic E-state index is -0.462. The number of pyridine rings is 1. The van der Waals surface area contributed by atoms with Gasteiger partial charge in [0.15, 0.2) is 5.13 Å². The van der Waals surface area contributed by atoms with Crippen molar-refractivity contribution in [2.24, 2.45) is 0 Å². The number of nitrogens with one attached hydrogen (secondary N) is 2. The Morgan fingerprint density at radius 2 is 2.15 bits per heavy atom. The number of nitrogens with zero attached hydrogens (tertiary/aromatic N) is 3. The van der Waals surface area contributed by atoms with Gasteiger partial charge in [-0.25, -0.2) is 19.2 Å². The molecule has 0 spiro atoms. The molecular weight excluding hydrogens is 393 g/mol. The molecule has 0 aliphatic rings. The summed E-state index contributed by atoms with van der Waals surface area (Å²) < 4.78 is 14.1. The second-order valence-electron chi connectivity index (χ2n) is 5.85.